The fourth-order valence-electron chi connectivity index (χ4n) is 1.33. The van der Waals surface area contributed by atoms with Gasteiger partial charge in [0.25, 0.3) is 0 Å². The third kappa shape index (κ3) is 2.52. The molecule has 2 aromatic rings. The normalized spacial score (nSPS) is 10.7. The third-order valence-corrected chi connectivity index (χ3v) is 2.46. The van der Waals surface area contributed by atoms with Gasteiger partial charge in [0.2, 0.25) is 0 Å². The molecule has 0 aliphatic carbocycles. The Kier molecular flexibility index (Phi) is 3.43. The van der Waals surface area contributed by atoms with Crippen molar-refractivity contribution < 1.29 is 5.11 Å². The van der Waals surface area contributed by atoms with E-state index in [1.54, 1.807) is 29.1 Å². The van der Waals surface area contributed by atoms with Crippen LogP contribution in [0.2, 0.25) is 10.0 Å². The quantitative estimate of drug-likeness (QED) is 0.917. The maximum Gasteiger partial charge on any atom is 0.0854 e. The fraction of sp³-hybridized carbons (Fsp3) is 0.200. The molecule has 0 saturated heterocycles. The van der Waals surface area contributed by atoms with E-state index < -0.39 is 0 Å². The van der Waals surface area contributed by atoms with Crippen LogP contribution in [0.5, 0.6) is 0 Å². The Labute approximate surface area is 102 Å². The molecule has 0 radical (unpaired) electrons. The van der Waals surface area contributed by atoms with Crippen LogP contribution in [0, 0.1) is 0 Å². The van der Waals surface area contributed by atoms with Gasteiger partial charge in [-0.1, -0.05) is 28.4 Å². The molecule has 0 aliphatic rings. The molecule has 16 heavy (non-hydrogen) atoms. The zero-order valence-electron chi connectivity index (χ0n) is 8.27. The van der Waals surface area contributed by atoms with Gasteiger partial charge in [-0.2, -0.15) is 0 Å². The smallest absolute Gasteiger partial charge is 0.0854 e. The summed E-state index contributed by atoms with van der Waals surface area (Å²) in [7, 11) is 0. The van der Waals surface area contributed by atoms with Crippen molar-refractivity contribution >= 4 is 23.2 Å². The molecule has 1 aromatic carbocycles. The van der Waals surface area contributed by atoms with Gasteiger partial charge in [-0.25, -0.2) is 4.68 Å². The van der Waals surface area contributed by atoms with Crippen molar-refractivity contribution in [3.63, 3.8) is 0 Å². The minimum atomic E-state index is 0.0506. The first kappa shape index (κ1) is 11.4. The van der Waals surface area contributed by atoms with Gasteiger partial charge in [0, 0.05) is 23.1 Å². The molecule has 2 rings (SSSR count). The average Bonchev–Trinajstić information content (AvgIpc) is 2.65. The Morgan fingerprint density at radius 3 is 2.50 bits per heavy atom. The molecule has 0 unspecified atom stereocenters. The standard InChI is InChI=1S/C10H9Cl2N3O/c11-7-3-8(12)5-10(4-7)15-6-9(1-2-16)13-14-15/h3-6,16H,1-2H2. The van der Waals surface area contributed by atoms with E-state index in [9.17, 15) is 0 Å². The molecule has 0 bridgehead atoms. The Morgan fingerprint density at radius 1 is 1.19 bits per heavy atom. The Balaban J connectivity index is 2.34. The summed E-state index contributed by atoms with van der Waals surface area (Å²) in [6.07, 6.45) is 2.21. The molecule has 4 nitrogen and oxygen atoms in total. The summed E-state index contributed by atoms with van der Waals surface area (Å²) in [5.41, 5.74) is 1.47. The number of aromatic nitrogens is 3. The first-order chi connectivity index (χ1) is 7.69. The molecule has 6 heteroatoms. The molecule has 1 aromatic heterocycles. The van der Waals surface area contributed by atoms with Crippen LogP contribution in [0.15, 0.2) is 24.4 Å². The highest BCUT2D eigenvalue weighted by Gasteiger charge is 2.04. The topological polar surface area (TPSA) is 50.9 Å². The molecular formula is C10H9Cl2N3O. The van der Waals surface area contributed by atoms with Gasteiger partial charge in [-0.3, -0.25) is 0 Å². The van der Waals surface area contributed by atoms with Crippen molar-refractivity contribution in [2.75, 3.05) is 6.61 Å². The van der Waals surface area contributed by atoms with E-state index in [1.807, 2.05) is 0 Å². The molecule has 0 fully saturated rings. The lowest BCUT2D eigenvalue weighted by Crippen LogP contribution is -1.94. The molecule has 1 N–H and O–H groups in total. The maximum atomic E-state index is 8.77. The van der Waals surface area contributed by atoms with Gasteiger partial charge in [0.15, 0.2) is 0 Å². The van der Waals surface area contributed by atoms with Crippen LogP contribution >= 0.6 is 23.2 Å². The zero-order valence-corrected chi connectivity index (χ0v) is 9.78. The van der Waals surface area contributed by atoms with Gasteiger partial charge in [-0.05, 0) is 18.2 Å². The number of hydrogen-bond donors (Lipinski definition) is 1. The Morgan fingerprint density at radius 2 is 1.88 bits per heavy atom. The molecule has 0 spiro atoms. The number of halogens is 2. The van der Waals surface area contributed by atoms with E-state index >= 15 is 0 Å². The lowest BCUT2D eigenvalue weighted by molar-refractivity contribution is 0.298. The van der Waals surface area contributed by atoms with Crippen LogP contribution < -0.4 is 0 Å². The average molecular weight is 258 g/mol. The van der Waals surface area contributed by atoms with Crippen LogP contribution in [0.1, 0.15) is 5.69 Å². The number of rotatable bonds is 3. The Hall–Kier alpha value is -1.10. The maximum absolute atomic E-state index is 8.77. The minimum Gasteiger partial charge on any atom is -0.396 e. The highest BCUT2D eigenvalue weighted by Crippen LogP contribution is 2.21. The largest absolute Gasteiger partial charge is 0.396 e. The second-order valence-electron chi connectivity index (χ2n) is 3.26. The second-order valence-corrected chi connectivity index (χ2v) is 4.13. The lowest BCUT2D eigenvalue weighted by Gasteiger charge is -2.01. The van der Waals surface area contributed by atoms with Gasteiger partial charge in [0.05, 0.1) is 17.6 Å². The third-order valence-electron chi connectivity index (χ3n) is 2.02. The fourth-order valence-corrected chi connectivity index (χ4v) is 1.84. The van der Waals surface area contributed by atoms with Crippen molar-refractivity contribution in [3.8, 4) is 5.69 Å². The first-order valence-electron chi connectivity index (χ1n) is 4.67. The van der Waals surface area contributed by atoms with E-state index in [0.29, 0.717) is 16.5 Å². The predicted molar refractivity (Wildman–Crippen MR) is 62.2 cm³/mol. The van der Waals surface area contributed by atoms with Crippen LogP contribution in [-0.2, 0) is 6.42 Å². The number of hydrogen-bond acceptors (Lipinski definition) is 3. The zero-order chi connectivity index (χ0) is 11.5. The van der Waals surface area contributed by atoms with Crippen LogP contribution in [-0.4, -0.2) is 26.7 Å². The molecule has 84 valence electrons. The summed E-state index contributed by atoms with van der Waals surface area (Å²) >= 11 is 11.8. The van der Waals surface area contributed by atoms with Crippen molar-refractivity contribution in [1.82, 2.24) is 15.0 Å². The van der Waals surface area contributed by atoms with Gasteiger partial charge in [-0.15, -0.1) is 5.10 Å². The summed E-state index contributed by atoms with van der Waals surface area (Å²) in [6.45, 7) is 0.0506. The number of aliphatic hydroxyl groups is 1. The van der Waals surface area contributed by atoms with Crippen molar-refractivity contribution in [1.29, 1.82) is 0 Å². The second kappa shape index (κ2) is 4.82. The van der Waals surface area contributed by atoms with Crippen molar-refractivity contribution in [3.05, 3.63) is 40.1 Å². The summed E-state index contributed by atoms with van der Waals surface area (Å²) in [4.78, 5) is 0. The predicted octanol–water partition coefficient (Wildman–Crippen LogP) is 2.11. The molecular weight excluding hydrogens is 249 g/mol. The molecule has 0 aliphatic heterocycles. The number of nitrogens with zero attached hydrogens (tertiary/aromatic N) is 3. The summed E-state index contributed by atoms with van der Waals surface area (Å²) in [5, 5.41) is 17.7. The molecule has 1 heterocycles. The Bertz CT molecular complexity index is 478. The number of aliphatic hydroxyl groups excluding tert-OH is 1. The summed E-state index contributed by atoms with van der Waals surface area (Å²) in [5.74, 6) is 0. The van der Waals surface area contributed by atoms with E-state index in [4.69, 9.17) is 28.3 Å². The van der Waals surface area contributed by atoms with E-state index in [0.717, 1.165) is 11.4 Å². The minimum absolute atomic E-state index is 0.0506. The summed E-state index contributed by atoms with van der Waals surface area (Å²) in [6, 6.07) is 5.13. The number of benzene rings is 1. The van der Waals surface area contributed by atoms with Gasteiger partial charge < -0.3 is 5.11 Å². The highest BCUT2D eigenvalue weighted by molar-refractivity contribution is 6.34. The lowest BCUT2D eigenvalue weighted by atomic mass is 10.3. The van der Waals surface area contributed by atoms with Crippen molar-refractivity contribution in [2.24, 2.45) is 0 Å². The van der Waals surface area contributed by atoms with Crippen LogP contribution in [0.25, 0.3) is 5.69 Å². The molecule has 0 saturated carbocycles. The molecule has 0 atom stereocenters. The highest BCUT2D eigenvalue weighted by atomic mass is 35.5. The summed E-state index contributed by atoms with van der Waals surface area (Å²) < 4.78 is 1.57. The van der Waals surface area contributed by atoms with Gasteiger partial charge in [0.1, 0.15) is 0 Å². The van der Waals surface area contributed by atoms with Crippen LogP contribution in [0.3, 0.4) is 0 Å². The SMILES string of the molecule is OCCc1cn(-c2cc(Cl)cc(Cl)c2)nn1. The van der Waals surface area contributed by atoms with E-state index in [-0.39, 0.29) is 6.61 Å². The van der Waals surface area contributed by atoms with Gasteiger partial charge >= 0.3 is 0 Å². The van der Waals surface area contributed by atoms with Crippen LogP contribution in [0.4, 0.5) is 0 Å². The molecule has 0 amide bonds. The van der Waals surface area contributed by atoms with E-state index in [2.05, 4.69) is 10.3 Å². The first-order valence-corrected chi connectivity index (χ1v) is 5.43. The monoisotopic (exact) mass is 257 g/mol. The van der Waals surface area contributed by atoms with Crippen molar-refractivity contribution in [2.45, 2.75) is 6.42 Å². The van der Waals surface area contributed by atoms with E-state index in [1.165, 1.54) is 0 Å².